The van der Waals surface area contributed by atoms with Crippen LogP contribution in [0, 0.1) is 19.8 Å². The van der Waals surface area contributed by atoms with E-state index in [2.05, 4.69) is 16.0 Å². The molecule has 15 nitrogen and oxygen atoms in total. The number of fused-ring (bicyclic) bond motifs is 3. The molecule has 57 heavy (non-hydrogen) atoms. The SMILES string of the molecule is Cc1ccc(CC(=O)N[C@@H](Cc2cccc(C)c2)C(=O)N[C@H]2COC(=O)[C@@H]3C[C@@H](C)CN3C(=O)[C@H](C)NC(=O)[C@@H]3CCCCN3C(=O)[C@@H]3C[C@@H](O)CN3C2=O)cc1. The monoisotopic (exact) mass is 786 g/mol. The number of nitrogens with one attached hydrogen (secondary N) is 3. The normalized spacial score (nSPS) is 27.8. The molecule has 4 aliphatic heterocycles. The second-order valence-corrected chi connectivity index (χ2v) is 16.2. The molecule has 4 heterocycles. The first-order valence-electron chi connectivity index (χ1n) is 20.0. The number of cyclic esters (lactones) is 1. The highest BCUT2D eigenvalue weighted by Gasteiger charge is 2.47. The molecule has 0 aliphatic carbocycles. The number of aryl methyl sites for hydroxylation is 2. The average Bonchev–Trinajstić information content (AvgIpc) is 3.78. The maximum Gasteiger partial charge on any atom is 0.328 e. The predicted molar refractivity (Wildman–Crippen MR) is 207 cm³/mol. The lowest BCUT2D eigenvalue weighted by atomic mass is 9.99. The number of amides is 6. The second kappa shape index (κ2) is 17.9. The van der Waals surface area contributed by atoms with Crippen molar-refractivity contribution in [1.82, 2.24) is 30.7 Å². The molecule has 15 heteroatoms. The summed E-state index contributed by atoms with van der Waals surface area (Å²) < 4.78 is 5.74. The van der Waals surface area contributed by atoms with E-state index in [1.165, 1.54) is 21.6 Å². The minimum atomic E-state index is -1.54. The second-order valence-electron chi connectivity index (χ2n) is 16.2. The summed E-state index contributed by atoms with van der Waals surface area (Å²) in [5, 5.41) is 19.2. The molecule has 0 saturated carbocycles. The highest BCUT2D eigenvalue weighted by atomic mass is 16.5. The molecule has 0 aromatic heterocycles. The summed E-state index contributed by atoms with van der Waals surface area (Å²) in [6.07, 6.45) is 0.791. The van der Waals surface area contributed by atoms with Gasteiger partial charge in [0.2, 0.25) is 35.4 Å². The van der Waals surface area contributed by atoms with E-state index in [9.17, 15) is 38.7 Å². The van der Waals surface area contributed by atoms with E-state index in [0.717, 1.165) is 22.3 Å². The minimum absolute atomic E-state index is 0.00350. The van der Waals surface area contributed by atoms with Gasteiger partial charge in [-0.15, -0.1) is 0 Å². The van der Waals surface area contributed by atoms with Gasteiger partial charge in [0, 0.05) is 32.5 Å². The topological polar surface area (TPSA) is 195 Å². The fraction of sp³-hybridized carbons (Fsp3) is 0.548. The van der Waals surface area contributed by atoms with E-state index >= 15 is 0 Å². The maximum atomic E-state index is 14.6. The summed E-state index contributed by atoms with van der Waals surface area (Å²) in [5.74, 6) is -4.34. The third kappa shape index (κ3) is 9.81. The molecule has 306 valence electrons. The van der Waals surface area contributed by atoms with E-state index in [4.69, 9.17) is 4.74 Å². The molecule has 6 rings (SSSR count). The summed E-state index contributed by atoms with van der Waals surface area (Å²) in [7, 11) is 0. The highest BCUT2D eigenvalue weighted by Crippen LogP contribution is 2.28. The average molecular weight is 787 g/mol. The standard InChI is InChI=1S/C42H54N6O9/c1-24-11-13-28(14-12-24)19-36(50)44-31(18-29-9-7-8-25(2)16-29)37(51)45-32-23-57-42(56)35-17-26(3)21-47(35)39(53)27(4)43-38(52)33-10-5-6-15-46(33)41(55)34-20-30(49)22-48(34)40(32)54/h7-9,11-14,16,26-27,30-35,49H,5-6,10,15,17-23H2,1-4H3,(H,43,52)(H,44,50)(H,45,51)/t26-,27+,30-,31+,32+,33+,34+,35+/m1/s1. The van der Waals surface area contributed by atoms with E-state index in [-0.39, 0.29) is 51.2 Å². The third-order valence-electron chi connectivity index (χ3n) is 11.4. The van der Waals surface area contributed by atoms with Crippen LogP contribution in [0.1, 0.15) is 68.2 Å². The van der Waals surface area contributed by atoms with Crippen LogP contribution in [0.25, 0.3) is 0 Å². The Labute approximate surface area is 332 Å². The van der Waals surface area contributed by atoms with Gasteiger partial charge in [-0.25, -0.2) is 4.79 Å². The Morgan fingerprint density at radius 1 is 0.842 bits per heavy atom. The van der Waals surface area contributed by atoms with Crippen LogP contribution in [0.4, 0.5) is 0 Å². The van der Waals surface area contributed by atoms with Gasteiger partial charge in [-0.2, -0.15) is 0 Å². The number of aliphatic hydroxyl groups is 1. The van der Waals surface area contributed by atoms with Gasteiger partial charge >= 0.3 is 5.97 Å². The number of piperidine rings is 1. The first-order chi connectivity index (χ1) is 27.2. The summed E-state index contributed by atoms with van der Waals surface area (Å²) in [5.41, 5.74) is 3.47. The van der Waals surface area contributed by atoms with Gasteiger partial charge < -0.3 is 40.5 Å². The number of hydrogen-bond donors (Lipinski definition) is 4. The molecule has 4 N–H and O–H groups in total. The largest absolute Gasteiger partial charge is 0.461 e. The van der Waals surface area contributed by atoms with Gasteiger partial charge in [0.15, 0.2) is 0 Å². The number of ether oxygens (including phenoxy) is 1. The van der Waals surface area contributed by atoms with Gasteiger partial charge in [0.1, 0.15) is 42.9 Å². The molecule has 0 unspecified atom stereocenters. The van der Waals surface area contributed by atoms with E-state index in [1.807, 2.05) is 69.3 Å². The van der Waals surface area contributed by atoms with Crippen molar-refractivity contribution in [3.05, 3.63) is 70.8 Å². The number of carbonyl (C=O) groups is 7. The fourth-order valence-electron chi connectivity index (χ4n) is 8.41. The molecule has 4 aliphatic rings. The first-order valence-corrected chi connectivity index (χ1v) is 20.0. The zero-order chi connectivity index (χ0) is 41.0. The molecule has 0 radical (unpaired) electrons. The number of carbonyl (C=O) groups excluding carboxylic acids is 7. The Bertz CT molecular complexity index is 1870. The Hall–Kier alpha value is -5.31. The molecule has 2 aromatic carbocycles. The Balaban J connectivity index is 1.32. The van der Waals surface area contributed by atoms with Crippen molar-refractivity contribution in [2.45, 2.75) is 115 Å². The molecule has 4 fully saturated rings. The van der Waals surface area contributed by atoms with Crippen LogP contribution in [0.3, 0.4) is 0 Å². The minimum Gasteiger partial charge on any atom is -0.461 e. The van der Waals surface area contributed by atoms with Gasteiger partial charge in [-0.05, 0) is 63.5 Å². The van der Waals surface area contributed by atoms with E-state index < -0.39 is 90.4 Å². The van der Waals surface area contributed by atoms with Gasteiger partial charge in [0.05, 0.1) is 12.5 Å². The molecular formula is C42H54N6O9. The number of aliphatic hydroxyl groups excluding tert-OH is 1. The molecule has 6 amide bonds. The van der Waals surface area contributed by atoms with Crippen LogP contribution in [0.2, 0.25) is 0 Å². The fourth-order valence-corrected chi connectivity index (χ4v) is 8.41. The van der Waals surface area contributed by atoms with E-state index in [1.54, 1.807) is 0 Å². The third-order valence-corrected chi connectivity index (χ3v) is 11.4. The van der Waals surface area contributed by atoms with Crippen LogP contribution < -0.4 is 16.0 Å². The molecule has 2 aromatic rings. The number of nitrogens with zero attached hydrogens (tertiary/aromatic N) is 3. The van der Waals surface area contributed by atoms with Crippen molar-refractivity contribution >= 4 is 41.4 Å². The zero-order valence-electron chi connectivity index (χ0n) is 33.1. The Morgan fingerprint density at radius 3 is 2.32 bits per heavy atom. The van der Waals surface area contributed by atoms with Crippen molar-refractivity contribution in [3.63, 3.8) is 0 Å². The quantitative estimate of drug-likeness (QED) is 0.293. The number of esters is 1. The summed E-state index contributed by atoms with van der Waals surface area (Å²) in [4.78, 5) is 102. The van der Waals surface area contributed by atoms with Crippen molar-refractivity contribution in [1.29, 1.82) is 0 Å². The molecule has 8 atom stereocenters. The number of rotatable bonds is 7. The Kier molecular flexibility index (Phi) is 13.0. The number of hydrogen-bond acceptors (Lipinski definition) is 9. The van der Waals surface area contributed by atoms with Crippen LogP contribution >= 0.6 is 0 Å². The summed E-state index contributed by atoms with van der Waals surface area (Å²) in [6, 6.07) is 8.10. The lowest BCUT2D eigenvalue weighted by Crippen LogP contribution is -2.62. The molecular weight excluding hydrogens is 732 g/mol. The van der Waals surface area contributed by atoms with Gasteiger partial charge in [-0.3, -0.25) is 28.8 Å². The number of benzene rings is 2. The van der Waals surface area contributed by atoms with E-state index in [0.29, 0.717) is 19.3 Å². The Morgan fingerprint density at radius 2 is 1.58 bits per heavy atom. The van der Waals surface area contributed by atoms with Crippen molar-refractivity contribution in [3.8, 4) is 0 Å². The lowest BCUT2D eigenvalue weighted by molar-refractivity contribution is -0.158. The first kappa shape index (κ1) is 41.3. The molecule has 0 bridgehead atoms. The van der Waals surface area contributed by atoms with Crippen molar-refractivity contribution in [2.24, 2.45) is 5.92 Å². The van der Waals surface area contributed by atoms with Crippen LogP contribution in [0.15, 0.2) is 48.5 Å². The zero-order valence-corrected chi connectivity index (χ0v) is 33.1. The lowest BCUT2D eigenvalue weighted by Gasteiger charge is -2.39. The van der Waals surface area contributed by atoms with Crippen molar-refractivity contribution in [2.75, 3.05) is 26.2 Å². The highest BCUT2D eigenvalue weighted by molar-refractivity contribution is 5.98. The molecule has 0 spiro atoms. The van der Waals surface area contributed by atoms with Gasteiger partial charge in [0.25, 0.3) is 0 Å². The van der Waals surface area contributed by atoms with Gasteiger partial charge in [-0.1, -0.05) is 66.6 Å². The van der Waals surface area contributed by atoms with Crippen molar-refractivity contribution < 1.29 is 43.4 Å². The predicted octanol–water partition coefficient (Wildman–Crippen LogP) is 0.700. The van der Waals surface area contributed by atoms with Crippen LogP contribution in [0.5, 0.6) is 0 Å². The van der Waals surface area contributed by atoms with Crippen LogP contribution in [-0.4, -0.2) is 130 Å². The molecule has 4 saturated heterocycles. The smallest absolute Gasteiger partial charge is 0.328 e. The summed E-state index contributed by atoms with van der Waals surface area (Å²) >= 11 is 0. The maximum absolute atomic E-state index is 14.6. The van der Waals surface area contributed by atoms with Crippen LogP contribution in [-0.2, 0) is 51.1 Å². The summed E-state index contributed by atoms with van der Waals surface area (Å²) in [6.45, 7) is 6.86.